The van der Waals surface area contributed by atoms with Crippen LogP contribution in [0.4, 0.5) is 9.59 Å². The summed E-state index contributed by atoms with van der Waals surface area (Å²) in [6.07, 6.45) is 2.19. The summed E-state index contributed by atoms with van der Waals surface area (Å²) in [6.45, 7) is -0.344. The number of carbonyl (C=O) groups excluding carboxylic acids is 3. The molecule has 12 nitrogen and oxygen atoms in total. The fraction of sp³-hybridized carbons (Fsp3) is 0.433. The minimum absolute atomic E-state index is 0.0638. The van der Waals surface area contributed by atoms with Crippen molar-refractivity contribution in [3.8, 4) is 16.9 Å². The maximum Gasteiger partial charge on any atom is 0.506 e. The van der Waals surface area contributed by atoms with Gasteiger partial charge in [0.1, 0.15) is 12.4 Å². The van der Waals surface area contributed by atoms with E-state index in [-0.39, 0.29) is 42.8 Å². The van der Waals surface area contributed by atoms with Gasteiger partial charge in [0, 0.05) is 36.0 Å². The number of unbranched alkanes of at least 4 members (excludes halogenated alkanes) is 1. The van der Waals surface area contributed by atoms with Gasteiger partial charge in [0.15, 0.2) is 12.4 Å². The van der Waals surface area contributed by atoms with Crippen molar-refractivity contribution in [2.45, 2.75) is 62.5 Å². The summed E-state index contributed by atoms with van der Waals surface area (Å²) in [4.78, 5) is 58.5. The quantitative estimate of drug-likeness (QED) is 0.0808. The summed E-state index contributed by atoms with van der Waals surface area (Å²) in [7, 11) is 0. The minimum Gasteiger partial charge on any atom is -0.482 e. The Morgan fingerprint density at radius 3 is 2.49 bits per heavy atom. The molecule has 2 aromatic rings. The second-order valence-corrected chi connectivity index (χ2v) is 11.7. The Hall–Kier alpha value is -4.26. The number of benzene rings is 2. The first-order valence-corrected chi connectivity index (χ1v) is 15.2. The Morgan fingerprint density at radius 2 is 1.74 bits per heavy atom. The van der Waals surface area contributed by atoms with Crippen LogP contribution in [-0.4, -0.2) is 76.3 Å². The number of Topliss-reactive ketones (excluding diaryl/α,β-unsaturated/α-hetero) is 1. The molecular weight excluding hydrogens is 578 g/mol. The van der Waals surface area contributed by atoms with Crippen molar-refractivity contribution >= 4 is 41.6 Å². The highest BCUT2D eigenvalue weighted by Crippen LogP contribution is 2.33. The molecule has 0 aromatic heterocycles. The fourth-order valence-electron chi connectivity index (χ4n) is 5.12. The number of urea groups is 1. The smallest absolute Gasteiger partial charge is 0.482 e. The van der Waals surface area contributed by atoms with E-state index in [1.807, 2.05) is 11.8 Å². The molecule has 2 aromatic carbocycles. The number of carboxylic acid groups (broad SMARTS) is 2. The van der Waals surface area contributed by atoms with E-state index in [1.54, 1.807) is 42.5 Å². The van der Waals surface area contributed by atoms with E-state index in [0.29, 0.717) is 47.1 Å². The number of aliphatic carboxylic acids is 1. The van der Waals surface area contributed by atoms with Crippen molar-refractivity contribution in [2.75, 3.05) is 18.9 Å². The zero-order valence-corrected chi connectivity index (χ0v) is 24.3. The van der Waals surface area contributed by atoms with Crippen molar-refractivity contribution in [1.29, 1.82) is 0 Å². The topological polar surface area (TPSA) is 180 Å². The number of thioether (sulfide) groups is 1. The molecule has 0 aliphatic carbocycles. The van der Waals surface area contributed by atoms with Crippen molar-refractivity contribution < 1.29 is 43.7 Å². The monoisotopic (exact) mass is 613 g/mol. The lowest BCUT2D eigenvalue weighted by Gasteiger charge is -2.16. The van der Waals surface area contributed by atoms with Gasteiger partial charge in [0.25, 0.3) is 0 Å². The molecule has 2 heterocycles. The number of hydrogen-bond acceptors (Lipinski definition) is 8. The Labute approximate surface area is 252 Å². The Balaban J connectivity index is 1.23. The van der Waals surface area contributed by atoms with E-state index in [9.17, 15) is 24.0 Å². The van der Waals surface area contributed by atoms with Gasteiger partial charge in [-0.3, -0.25) is 9.59 Å². The van der Waals surface area contributed by atoms with Crippen LogP contribution in [0.2, 0.25) is 0 Å². The molecule has 0 bridgehead atoms. The summed E-state index contributed by atoms with van der Waals surface area (Å²) < 4.78 is 9.87. The Bertz CT molecular complexity index is 1330. The lowest BCUT2D eigenvalue weighted by atomic mass is 9.96. The number of hydrogen-bond donors (Lipinski definition) is 5. The molecule has 2 aliphatic heterocycles. The molecule has 43 heavy (non-hydrogen) atoms. The normalized spacial score (nSPS) is 18.7. The molecule has 2 aliphatic rings. The number of ether oxygens (including phenoxy) is 2. The molecule has 230 valence electrons. The van der Waals surface area contributed by atoms with Crippen molar-refractivity contribution in [2.24, 2.45) is 0 Å². The summed E-state index contributed by atoms with van der Waals surface area (Å²) in [5, 5.41) is 26.8. The van der Waals surface area contributed by atoms with Crippen molar-refractivity contribution in [1.82, 2.24) is 16.0 Å². The lowest BCUT2D eigenvalue weighted by molar-refractivity contribution is -0.139. The number of amides is 3. The predicted molar refractivity (Wildman–Crippen MR) is 158 cm³/mol. The van der Waals surface area contributed by atoms with Crippen LogP contribution in [0.1, 0.15) is 54.4 Å². The number of carbonyl (C=O) groups is 5. The Kier molecular flexibility index (Phi) is 11.3. The van der Waals surface area contributed by atoms with Crippen LogP contribution in [-0.2, 0) is 20.9 Å². The molecule has 0 spiro atoms. The largest absolute Gasteiger partial charge is 0.506 e. The molecule has 3 amide bonds. The summed E-state index contributed by atoms with van der Waals surface area (Å²) in [6, 6.07) is 11.9. The molecule has 0 saturated carbocycles. The van der Waals surface area contributed by atoms with Crippen LogP contribution < -0.4 is 20.7 Å². The van der Waals surface area contributed by atoms with Gasteiger partial charge in [0.2, 0.25) is 5.91 Å². The number of ketones is 1. The molecule has 2 saturated heterocycles. The van der Waals surface area contributed by atoms with Gasteiger partial charge in [-0.05, 0) is 66.3 Å². The van der Waals surface area contributed by atoms with E-state index < -0.39 is 18.7 Å². The maximum absolute atomic E-state index is 13.0. The SMILES string of the molecule is O=C(O)COc1ccc(-c2cc(COC(=O)O)cc(C(=O)CCCNC(=O)CCCC[C@@H]3SC[C@@H]4NC(=O)N[C@@H]43)c2)cc1. The number of rotatable bonds is 16. The van der Waals surface area contributed by atoms with Crippen molar-refractivity contribution in [3.05, 3.63) is 53.6 Å². The van der Waals surface area contributed by atoms with Gasteiger partial charge in [-0.2, -0.15) is 11.8 Å². The third-order valence-electron chi connectivity index (χ3n) is 7.21. The van der Waals surface area contributed by atoms with Gasteiger partial charge >= 0.3 is 18.2 Å². The van der Waals surface area contributed by atoms with E-state index in [1.165, 1.54) is 0 Å². The van der Waals surface area contributed by atoms with Crippen LogP contribution in [0, 0.1) is 0 Å². The highest BCUT2D eigenvalue weighted by molar-refractivity contribution is 8.00. The van der Waals surface area contributed by atoms with Crippen LogP contribution in [0.3, 0.4) is 0 Å². The highest BCUT2D eigenvalue weighted by Gasteiger charge is 2.42. The van der Waals surface area contributed by atoms with E-state index >= 15 is 0 Å². The first-order valence-electron chi connectivity index (χ1n) is 14.1. The third kappa shape index (κ3) is 9.63. The molecule has 3 atom stereocenters. The summed E-state index contributed by atoms with van der Waals surface area (Å²) in [5.74, 6) is -0.0308. The molecule has 0 radical (unpaired) electrons. The van der Waals surface area contributed by atoms with Gasteiger partial charge in [0.05, 0.1) is 12.1 Å². The average molecular weight is 614 g/mol. The van der Waals surface area contributed by atoms with E-state index in [4.69, 9.17) is 19.7 Å². The van der Waals surface area contributed by atoms with E-state index in [0.717, 1.165) is 30.6 Å². The van der Waals surface area contributed by atoms with Crippen LogP contribution >= 0.6 is 11.8 Å². The van der Waals surface area contributed by atoms with Crippen LogP contribution in [0.25, 0.3) is 11.1 Å². The van der Waals surface area contributed by atoms with Gasteiger partial charge in [-0.15, -0.1) is 0 Å². The fourth-order valence-corrected chi connectivity index (χ4v) is 6.66. The standard InChI is InChI=1S/C30H35N3O9S/c34-24(4-3-11-31-26(35)6-2-1-5-25-28-23(17-43-25)32-29(38)33-28)21-13-18(15-42-30(39)40)12-20(14-21)19-7-9-22(10-8-19)41-16-27(36)37/h7-10,12-14,23,25,28H,1-6,11,15-17H2,(H,31,35)(H,36,37)(H,39,40)(H2,32,33,38)/t23-,25-,28-/m0/s1. The van der Waals surface area contributed by atoms with Crippen molar-refractivity contribution in [3.63, 3.8) is 0 Å². The second-order valence-electron chi connectivity index (χ2n) is 10.4. The first-order chi connectivity index (χ1) is 20.7. The van der Waals surface area contributed by atoms with Gasteiger partial charge < -0.3 is 35.6 Å². The molecular formula is C30H35N3O9S. The molecule has 4 rings (SSSR count). The zero-order valence-electron chi connectivity index (χ0n) is 23.5. The first kappa shape index (κ1) is 31.7. The molecule has 0 unspecified atom stereocenters. The average Bonchev–Trinajstić information content (AvgIpc) is 3.54. The maximum atomic E-state index is 13.0. The predicted octanol–water partition coefficient (Wildman–Crippen LogP) is 3.82. The molecule has 2 fully saturated rings. The Morgan fingerprint density at radius 1 is 0.953 bits per heavy atom. The zero-order chi connectivity index (χ0) is 30.8. The molecule has 5 N–H and O–H groups in total. The van der Waals surface area contributed by atoms with Gasteiger partial charge in [-0.1, -0.05) is 18.6 Å². The van der Waals surface area contributed by atoms with E-state index in [2.05, 4.69) is 16.0 Å². The lowest BCUT2D eigenvalue weighted by Crippen LogP contribution is -2.36. The molecule has 13 heteroatoms. The number of carboxylic acids is 1. The number of fused-ring (bicyclic) bond motifs is 1. The summed E-state index contributed by atoms with van der Waals surface area (Å²) in [5.41, 5.74) is 2.27. The van der Waals surface area contributed by atoms with Crippen LogP contribution in [0.15, 0.2) is 42.5 Å². The minimum atomic E-state index is -1.43. The third-order valence-corrected chi connectivity index (χ3v) is 8.72. The van der Waals surface area contributed by atoms with Crippen LogP contribution in [0.5, 0.6) is 5.75 Å². The summed E-state index contributed by atoms with van der Waals surface area (Å²) >= 11 is 1.85. The highest BCUT2D eigenvalue weighted by atomic mass is 32.2. The second kappa shape index (κ2) is 15.3. The number of nitrogens with one attached hydrogen (secondary N) is 3. The van der Waals surface area contributed by atoms with Gasteiger partial charge in [-0.25, -0.2) is 14.4 Å².